The van der Waals surface area contributed by atoms with Gasteiger partial charge in [0, 0.05) is 12.0 Å². The molecule has 1 rings (SSSR count). The van der Waals surface area contributed by atoms with Crippen molar-refractivity contribution in [3.05, 3.63) is 0 Å². The lowest BCUT2D eigenvalue weighted by atomic mass is 9.97. The predicted octanol–water partition coefficient (Wildman–Crippen LogP) is 2.16. The van der Waals surface area contributed by atoms with Crippen LogP contribution in [-0.2, 0) is 14.7 Å². The molecule has 0 aliphatic carbocycles. The number of carbonyl (C=O) groups is 1. The topological polar surface area (TPSA) is 49.4 Å². The van der Waals surface area contributed by atoms with Gasteiger partial charge in [0.15, 0.2) is 0 Å². The van der Waals surface area contributed by atoms with E-state index in [1.807, 2.05) is 27.7 Å². The molecule has 0 bridgehead atoms. The van der Waals surface area contributed by atoms with Crippen molar-refractivity contribution in [2.45, 2.75) is 65.1 Å². The Balaban J connectivity index is 2.80. The Morgan fingerprint density at radius 3 is 2.12 bits per heavy atom. The van der Waals surface area contributed by atoms with Crippen molar-refractivity contribution in [1.29, 1.82) is 0 Å². The number of carbonyl (C=O) groups excluding carboxylic acids is 1. The lowest BCUT2D eigenvalue weighted by Gasteiger charge is -2.33. The van der Waals surface area contributed by atoms with E-state index in [2.05, 4.69) is 0 Å². The molecule has 1 atom stereocenters. The Hall–Kier alpha value is -0.610. The van der Waals surface area contributed by atoms with Crippen LogP contribution in [0.2, 0.25) is 0 Å². The van der Waals surface area contributed by atoms with Gasteiger partial charge in [-0.25, -0.2) is 0 Å². The summed E-state index contributed by atoms with van der Waals surface area (Å²) in [6.45, 7) is 11.0. The standard InChI is InChI=1S/C12H22NO3/c1-8(2)10(14)16-9-7-11(3,4)13(15)12(9,5)6/h8-9H,7H2,1-6H3. The monoisotopic (exact) mass is 228 g/mol. The van der Waals surface area contributed by atoms with Crippen LogP contribution in [0.4, 0.5) is 0 Å². The normalized spacial score (nSPS) is 28.4. The van der Waals surface area contributed by atoms with Crippen molar-refractivity contribution in [3.8, 4) is 0 Å². The number of nitrogens with zero attached hydrogens (tertiary/aromatic N) is 1. The first-order valence-electron chi connectivity index (χ1n) is 5.77. The molecule has 1 radical (unpaired) electrons. The Bertz CT molecular complexity index is 284. The predicted molar refractivity (Wildman–Crippen MR) is 60.0 cm³/mol. The number of ether oxygens (including phenoxy) is 1. The molecular weight excluding hydrogens is 206 g/mol. The number of hydrogen-bond acceptors (Lipinski definition) is 3. The molecular formula is C12H22NO3. The van der Waals surface area contributed by atoms with E-state index in [1.165, 1.54) is 0 Å². The zero-order valence-corrected chi connectivity index (χ0v) is 11.0. The average Bonchev–Trinajstić information content (AvgIpc) is 2.27. The van der Waals surface area contributed by atoms with Crippen molar-refractivity contribution in [2.75, 3.05) is 0 Å². The lowest BCUT2D eigenvalue weighted by molar-refractivity contribution is -0.252. The van der Waals surface area contributed by atoms with Crippen LogP contribution in [0.25, 0.3) is 0 Å². The SMILES string of the molecule is CC(C)C(=O)OC1CC(C)(C)N([O])C1(C)C. The highest BCUT2D eigenvalue weighted by Gasteiger charge is 2.54. The smallest absolute Gasteiger partial charge is 0.308 e. The van der Waals surface area contributed by atoms with Gasteiger partial charge >= 0.3 is 5.97 Å². The largest absolute Gasteiger partial charge is 0.460 e. The molecule has 1 saturated heterocycles. The molecule has 4 nitrogen and oxygen atoms in total. The van der Waals surface area contributed by atoms with Gasteiger partial charge in [0.2, 0.25) is 0 Å². The molecule has 0 amide bonds. The molecule has 1 fully saturated rings. The molecule has 16 heavy (non-hydrogen) atoms. The molecule has 1 unspecified atom stereocenters. The van der Waals surface area contributed by atoms with Crippen LogP contribution in [0, 0.1) is 5.92 Å². The van der Waals surface area contributed by atoms with Crippen LogP contribution in [-0.4, -0.2) is 28.2 Å². The Morgan fingerprint density at radius 2 is 1.81 bits per heavy atom. The third kappa shape index (κ3) is 2.23. The molecule has 0 N–H and O–H groups in total. The van der Waals surface area contributed by atoms with Gasteiger partial charge in [-0.15, -0.1) is 10.3 Å². The van der Waals surface area contributed by atoms with E-state index in [0.29, 0.717) is 6.42 Å². The first-order valence-corrected chi connectivity index (χ1v) is 5.77. The molecule has 0 spiro atoms. The average molecular weight is 228 g/mol. The summed E-state index contributed by atoms with van der Waals surface area (Å²) in [6, 6.07) is 0. The summed E-state index contributed by atoms with van der Waals surface area (Å²) in [6.07, 6.45) is 0.261. The van der Waals surface area contributed by atoms with Crippen molar-refractivity contribution in [2.24, 2.45) is 5.92 Å². The maximum atomic E-state index is 12.0. The summed E-state index contributed by atoms with van der Waals surface area (Å²) in [5.74, 6) is -0.385. The van der Waals surface area contributed by atoms with Gasteiger partial charge in [-0.3, -0.25) is 4.79 Å². The molecule has 93 valence electrons. The first-order chi connectivity index (χ1) is 7.09. The summed E-state index contributed by atoms with van der Waals surface area (Å²) in [5, 5.41) is 13.1. The lowest BCUT2D eigenvalue weighted by Crippen LogP contribution is -2.48. The zero-order valence-electron chi connectivity index (χ0n) is 11.0. The third-order valence-corrected chi connectivity index (χ3v) is 3.28. The van der Waals surface area contributed by atoms with Gasteiger partial charge in [0.25, 0.3) is 0 Å². The second-order valence-corrected chi connectivity index (χ2v) is 6.04. The molecule has 1 aliphatic rings. The maximum absolute atomic E-state index is 12.0. The van der Waals surface area contributed by atoms with E-state index in [4.69, 9.17) is 4.74 Å². The summed E-state index contributed by atoms with van der Waals surface area (Å²) < 4.78 is 5.41. The van der Waals surface area contributed by atoms with E-state index in [-0.39, 0.29) is 18.0 Å². The van der Waals surface area contributed by atoms with Crippen LogP contribution in [0.1, 0.15) is 48.0 Å². The van der Waals surface area contributed by atoms with E-state index in [0.717, 1.165) is 5.06 Å². The third-order valence-electron chi connectivity index (χ3n) is 3.28. The number of rotatable bonds is 2. The van der Waals surface area contributed by atoms with E-state index >= 15 is 0 Å². The second-order valence-electron chi connectivity index (χ2n) is 6.04. The van der Waals surface area contributed by atoms with E-state index in [1.54, 1.807) is 13.8 Å². The number of esters is 1. The minimum absolute atomic E-state index is 0.153. The van der Waals surface area contributed by atoms with Gasteiger partial charge in [-0.2, -0.15) is 0 Å². The number of hydrogen-bond donors (Lipinski definition) is 0. The fourth-order valence-corrected chi connectivity index (χ4v) is 2.16. The van der Waals surface area contributed by atoms with Gasteiger partial charge in [0.05, 0.1) is 11.5 Å². The highest BCUT2D eigenvalue weighted by molar-refractivity contribution is 5.71. The van der Waals surface area contributed by atoms with Crippen molar-refractivity contribution >= 4 is 5.97 Å². The van der Waals surface area contributed by atoms with E-state index < -0.39 is 11.1 Å². The van der Waals surface area contributed by atoms with Crippen molar-refractivity contribution in [3.63, 3.8) is 0 Å². The van der Waals surface area contributed by atoms with Crippen molar-refractivity contribution in [1.82, 2.24) is 5.06 Å². The molecule has 4 heteroatoms. The molecule has 0 saturated carbocycles. The highest BCUT2D eigenvalue weighted by Crippen LogP contribution is 2.41. The quantitative estimate of drug-likeness (QED) is 0.680. The van der Waals surface area contributed by atoms with Crippen LogP contribution in [0.15, 0.2) is 0 Å². The minimum atomic E-state index is -0.645. The molecule has 1 heterocycles. The minimum Gasteiger partial charge on any atom is -0.460 e. The van der Waals surface area contributed by atoms with Crippen LogP contribution < -0.4 is 0 Å². The molecule has 0 aromatic heterocycles. The zero-order chi connectivity index (χ0) is 12.7. The van der Waals surface area contributed by atoms with Crippen LogP contribution >= 0.6 is 0 Å². The van der Waals surface area contributed by atoms with Gasteiger partial charge in [0.1, 0.15) is 6.10 Å². The van der Waals surface area contributed by atoms with Gasteiger partial charge < -0.3 is 4.74 Å². The molecule has 1 aliphatic heterocycles. The Morgan fingerprint density at radius 1 is 1.31 bits per heavy atom. The second kappa shape index (κ2) is 4.00. The fraction of sp³-hybridized carbons (Fsp3) is 0.917. The van der Waals surface area contributed by atoms with E-state index in [9.17, 15) is 10.0 Å². The molecule has 0 aromatic carbocycles. The highest BCUT2D eigenvalue weighted by atomic mass is 16.6. The van der Waals surface area contributed by atoms with Crippen LogP contribution in [0.5, 0.6) is 0 Å². The van der Waals surface area contributed by atoms with Gasteiger partial charge in [-0.1, -0.05) is 13.8 Å². The number of hydroxylamine groups is 2. The van der Waals surface area contributed by atoms with Gasteiger partial charge in [-0.05, 0) is 27.7 Å². The summed E-state index contributed by atoms with van der Waals surface area (Å²) in [7, 11) is 0. The maximum Gasteiger partial charge on any atom is 0.308 e. The first kappa shape index (κ1) is 13.5. The molecule has 0 aromatic rings. The Labute approximate surface area is 97.5 Å². The fourth-order valence-electron chi connectivity index (χ4n) is 2.16. The Kier molecular flexibility index (Phi) is 3.37. The summed E-state index contributed by atoms with van der Waals surface area (Å²) >= 11 is 0. The van der Waals surface area contributed by atoms with Crippen LogP contribution in [0.3, 0.4) is 0 Å². The summed E-state index contributed by atoms with van der Waals surface area (Å²) in [5.41, 5.74) is -1.11. The van der Waals surface area contributed by atoms with Crippen molar-refractivity contribution < 1.29 is 14.7 Å². The summed E-state index contributed by atoms with van der Waals surface area (Å²) in [4.78, 5) is 11.6.